The molecular formula is C21H18F3N3O3. The Kier molecular flexibility index (Phi) is 6.10. The maximum Gasteiger partial charge on any atom is 0.418 e. The minimum Gasteiger partial charge on any atom is -0.472 e. The molecule has 2 aromatic carbocycles. The number of furan rings is 1. The third-order valence-corrected chi connectivity index (χ3v) is 4.26. The van der Waals surface area contributed by atoms with Crippen LogP contribution in [-0.2, 0) is 6.18 Å². The van der Waals surface area contributed by atoms with Crippen molar-refractivity contribution in [2.75, 3.05) is 10.6 Å². The fraction of sp³-hybridized carbons (Fsp3) is 0.143. The summed E-state index contributed by atoms with van der Waals surface area (Å²) in [6.07, 6.45) is -2.30. The van der Waals surface area contributed by atoms with Crippen molar-refractivity contribution in [2.24, 2.45) is 0 Å². The molecule has 9 heteroatoms. The standard InChI is InChI=1S/C21H18F3N3O3/c1-13(14-5-3-2-4-6-14)25-20(29)27-18-8-7-16(11-17(18)21(22,23)24)26-19(28)15-9-10-30-12-15/h2-13H,1H3,(H,26,28)(H2,25,27,29)/t13-/m0/s1. The summed E-state index contributed by atoms with van der Waals surface area (Å²) in [4.78, 5) is 24.2. The molecule has 0 saturated heterocycles. The van der Waals surface area contributed by atoms with Gasteiger partial charge in [-0.15, -0.1) is 0 Å². The highest BCUT2D eigenvalue weighted by Crippen LogP contribution is 2.36. The molecule has 3 aromatic rings. The number of alkyl halides is 3. The highest BCUT2D eigenvalue weighted by molar-refractivity contribution is 6.04. The van der Waals surface area contributed by atoms with E-state index in [9.17, 15) is 22.8 Å². The van der Waals surface area contributed by atoms with Crippen molar-refractivity contribution in [3.05, 3.63) is 83.8 Å². The number of hydrogen-bond acceptors (Lipinski definition) is 3. The Labute approximate surface area is 170 Å². The number of halogens is 3. The number of anilines is 2. The third kappa shape index (κ3) is 5.19. The SMILES string of the molecule is C[C@H](NC(=O)Nc1ccc(NC(=O)c2ccoc2)cc1C(F)(F)F)c1ccccc1. The van der Waals surface area contributed by atoms with Crippen molar-refractivity contribution in [3.63, 3.8) is 0 Å². The van der Waals surface area contributed by atoms with Crippen LogP contribution < -0.4 is 16.0 Å². The zero-order valence-corrected chi connectivity index (χ0v) is 15.8. The quantitative estimate of drug-likeness (QED) is 0.517. The highest BCUT2D eigenvalue weighted by atomic mass is 19.4. The molecule has 0 saturated carbocycles. The van der Waals surface area contributed by atoms with Crippen LogP contribution in [0, 0.1) is 0 Å². The molecule has 3 N–H and O–H groups in total. The van der Waals surface area contributed by atoms with Crippen LogP contribution in [0.25, 0.3) is 0 Å². The van der Waals surface area contributed by atoms with E-state index >= 15 is 0 Å². The number of benzene rings is 2. The fourth-order valence-corrected chi connectivity index (χ4v) is 2.74. The lowest BCUT2D eigenvalue weighted by molar-refractivity contribution is -0.136. The molecule has 30 heavy (non-hydrogen) atoms. The molecule has 1 atom stereocenters. The van der Waals surface area contributed by atoms with Gasteiger partial charge in [0.05, 0.1) is 29.1 Å². The largest absolute Gasteiger partial charge is 0.472 e. The molecule has 6 nitrogen and oxygen atoms in total. The lowest BCUT2D eigenvalue weighted by Gasteiger charge is -2.18. The smallest absolute Gasteiger partial charge is 0.418 e. The molecule has 0 aliphatic rings. The molecule has 0 fully saturated rings. The third-order valence-electron chi connectivity index (χ3n) is 4.26. The molecule has 0 unspecified atom stereocenters. The van der Waals surface area contributed by atoms with Crippen LogP contribution in [0.5, 0.6) is 0 Å². The molecule has 1 aromatic heterocycles. The molecule has 0 spiro atoms. The zero-order chi connectivity index (χ0) is 21.7. The first-order chi connectivity index (χ1) is 14.2. The number of urea groups is 1. The van der Waals surface area contributed by atoms with Crippen LogP contribution >= 0.6 is 0 Å². The van der Waals surface area contributed by atoms with Gasteiger partial charge in [0.25, 0.3) is 5.91 Å². The molecule has 0 bridgehead atoms. The average Bonchev–Trinajstić information content (AvgIpc) is 3.24. The van der Waals surface area contributed by atoms with E-state index in [1.165, 1.54) is 24.7 Å². The van der Waals surface area contributed by atoms with Gasteiger partial charge in [-0.25, -0.2) is 4.79 Å². The number of carbonyl (C=O) groups is 2. The summed E-state index contributed by atoms with van der Waals surface area (Å²) in [7, 11) is 0. The van der Waals surface area contributed by atoms with E-state index < -0.39 is 35.4 Å². The first-order valence-corrected chi connectivity index (χ1v) is 8.91. The average molecular weight is 417 g/mol. The summed E-state index contributed by atoms with van der Waals surface area (Å²) < 4.78 is 45.3. The van der Waals surface area contributed by atoms with E-state index in [2.05, 4.69) is 16.0 Å². The van der Waals surface area contributed by atoms with Crippen molar-refractivity contribution in [2.45, 2.75) is 19.1 Å². The van der Waals surface area contributed by atoms with Crippen molar-refractivity contribution in [1.29, 1.82) is 0 Å². The van der Waals surface area contributed by atoms with Crippen molar-refractivity contribution in [1.82, 2.24) is 5.32 Å². The van der Waals surface area contributed by atoms with Crippen molar-refractivity contribution < 1.29 is 27.2 Å². The van der Waals surface area contributed by atoms with Crippen molar-refractivity contribution in [3.8, 4) is 0 Å². The molecule has 156 valence electrons. The predicted molar refractivity (Wildman–Crippen MR) is 105 cm³/mol. The summed E-state index contributed by atoms with van der Waals surface area (Å²) in [6.45, 7) is 1.72. The maximum atomic E-state index is 13.5. The van der Waals surface area contributed by atoms with Gasteiger partial charge < -0.3 is 20.4 Å². The Morgan fingerprint density at radius 3 is 2.37 bits per heavy atom. The highest BCUT2D eigenvalue weighted by Gasteiger charge is 2.34. The Balaban J connectivity index is 1.75. The number of nitrogens with one attached hydrogen (secondary N) is 3. The topological polar surface area (TPSA) is 83.4 Å². The molecule has 3 rings (SSSR count). The number of rotatable bonds is 5. The van der Waals surface area contributed by atoms with Gasteiger partial charge in [0.15, 0.2) is 0 Å². The summed E-state index contributed by atoms with van der Waals surface area (Å²) in [5.41, 5.74) is -0.616. The fourth-order valence-electron chi connectivity index (χ4n) is 2.74. The van der Waals surface area contributed by atoms with Crippen LogP contribution in [0.4, 0.5) is 29.3 Å². The number of carbonyl (C=O) groups excluding carboxylic acids is 2. The van der Waals surface area contributed by atoms with E-state index in [-0.39, 0.29) is 11.3 Å². The number of hydrogen-bond donors (Lipinski definition) is 3. The Bertz CT molecular complexity index is 1020. The minimum atomic E-state index is -4.75. The first kappa shape index (κ1) is 21.0. The normalized spacial score (nSPS) is 12.1. The van der Waals surface area contributed by atoms with Gasteiger partial charge in [0.1, 0.15) is 6.26 Å². The number of amides is 3. The van der Waals surface area contributed by atoms with Gasteiger partial charge in [-0.1, -0.05) is 30.3 Å². The molecule has 1 heterocycles. The monoisotopic (exact) mass is 417 g/mol. The van der Waals surface area contributed by atoms with E-state index in [4.69, 9.17) is 4.42 Å². The first-order valence-electron chi connectivity index (χ1n) is 8.91. The van der Waals surface area contributed by atoms with Crippen LogP contribution in [0.2, 0.25) is 0 Å². The van der Waals surface area contributed by atoms with Gasteiger partial charge >= 0.3 is 12.2 Å². The lowest BCUT2D eigenvalue weighted by Crippen LogP contribution is -2.32. The van der Waals surface area contributed by atoms with Gasteiger partial charge in [0, 0.05) is 5.69 Å². The minimum absolute atomic E-state index is 0.0721. The van der Waals surface area contributed by atoms with Crippen molar-refractivity contribution >= 4 is 23.3 Å². The molecular weight excluding hydrogens is 399 g/mol. The Hall–Kier alpha value is -3.75. The second-order valence-electron chi connectivity index (χ2n) is 6.46. The van der Waals surface area contributed by atoms with Crippen LogP contribution in [-0.4, -0.2) is 11.9 Å². The van der Waals surface area contributed by atoms with Crippen LogP contribution in [0.1, 0.15) is 34.5 Å². The molecule has 3 amide bonds. The maximum absolute atomic E-state index is 13.5. The summed E-state index contributed by atoms with van der Waals surface area (Å²) >= 11 is 0. The molecule has 0 aliphatic heterocycles. The second kappa shape index (κ2) is 8.73. The summed E-state index contributed by atoms with van der Waals surface area (Å²) in [5.74, 6) is -0.619. The van der Waals surface area contributed by atoms with E-state index in [1.807, 2.05) is 6.07 Å². The zero-order valence-electron chi connectivity index (χ0n) is 15.8. The molecule has 0 aliphatic carbocycles. The van der Waals surface area contributed by atoms with Gasteiger partial charge in [-0.3, -0.25) is 4.79 Å². The van der Waals surface area contributed by atoms with Crippen LogP contribution in [0.3, 0.4) is 0 Å². The Morgan fingerprint density at radius 2 is 1.73 bits per heavy atom. The van der Waals surface area contributed by atoms with Crippen LogP contribution in [0.15, 0.2) is 71.5 Å². The summed E-state index contributed by atoms with van der Waals surface area (Å²) in [6, 6.07) is 12.3. The van der Waals surface area contributed by atoms with E-state index in [0.717, 1.165) is 17.7 Å². The Morgan fingerprint density at radius 1 is 1.00 bits per heavy atom. The predicted octanol–water partition coefficient (Wildman–Crippen LogP) is 5.43. The molecule has 0 radical (unpaired) electrons. The van der Waals surface area contributed by atoms with Gasteiger partial charge in [-0.05, 0) is 36.8 Å². The van der Waals surface area contributed by atoms with Gasteiger partial charge in [-0.2, -0.15) is 13.2 Å². The van der Waals surface area contributed by atoms with E-state index in [0.29, 0.717) is 0 Å². The van der Waals surface area contributed by atoms with E-state index in [1.54, 1.807) is 31.2 Å². The second-order valence-corrected chi connectivity index (χ2v) is 6.46. The van der Waals surface area contributed by atoms with Gasteiger partial charge in [0.2, 0.25) is 0 Å². The lowest BCUT2D eigenvalue weighted by atomic mass is 10.1. The summed E-state index contributed by atoms with van der Waals surface area (Å²) in [5, 5.41) is 7.18.